The van der Waals surface area contributed by atoms with Crippen molar-refractivity contribution >= 4 is 5.97 Å². The monoisotopic (exact) mass is 175 g/mol. The molecule has 0 rings (SSSR count). The Morgan fingerprint density at radius 3 is 2.08 bits per heavy atom. The van der Waals surface area contributed by atoms with E-state index < -0.39 is 17.7 Å². The maximum Gasteiger partial charge on any atom is 0.323 e. The zero-order chi connectivity index (χ0) is 9.94. The molecule has 0 aliphatic heterocycles. The fraction of sp³-hybridized carbons (Fsp3) is 0.875. The Kier molecular flexibility index (Phi) is 3.67. The molecule has 0 aliphatic carbocycles. The molecular weight excluding hydrogens is 158 g/mol. The minimum Gasteiger partial charge on any atom is -0.480 e. The summed E-state index contributed by atoms with van der Waals surface area (Å²) >= 11 is 0. The van der Waals surface area contributed by atoms with Crippen LogP contribution in [-0.2, 0) is 4.79 Å². The lowest BCUT2D eigenvalue weighted by Gasteiger charge is -2.27. The average molecular weight is 175 g/mol. The quantitative estimate of drug-likeness (QED) is 0.541. The Bertz CT molecular complexity index is 166. The van der Waals surface area contributed by atoms with E-state index in [-0.39, 0.29) is 5.92 Å². The van der Waals surface area contributed by atoms with E-state index in [9.17, 15) is 9.90 Å². The van der Waals surface area contributed by atoms with Crippen molar-refractivity contribution in [3.63, 3.8) is 0 Å². The standard InChI is InChI=1S/C8H17NO3/c1-5(2)6(10)9-8(3,4)7(11)12/h5-6,9-10H,1-4H3,(H,11,12). The summed E-state index contributed by atoms with van der Waals surface area (Å²) in [6.45, 7) is 6.66. The first-order valence-corrected chi connectivity index (χ1v) is 3.96. The van der Waals surface area contributed by atoms with Crippen molar-refractivity contribution in [2.75, 3.05) is 0 Å². The van der Waals surface area contributed by atoms with E-state index in [1.54, 1.807) is 0 Å². The number of nitrogens with one attached hydrogen (secondary N) is 1. The summed E-state index contributed by atoms with van der Waals surface area (Å²) in [5.74, 6) is -0.967. The van der Waals surface area contributed by atoms with Gasteiger partial charge in [0.15, 0.2) is 0 Å². The van der Waals surface area contributed by atoms with Gasteiger partial charge < -0.3 is 10.2 Å². The second kappa shape index (κ2) is 3.87. The van der Waals surface area contributed by atoms with Crippen molar-refractivity contribution in [2.45, 2.75) is 39.5 Å². The van der Waals surface area contributed by atoms with Crippen LogP contribution in [0, 0.1) is 5.92 Å². The highest BCUT2D eigenvalue weighted by molar-refractivity contribution is 5.77. The SMILES string of the molecule is CC(C)C(O)NC(C)(C)C(=O)O. The number of carboxylic acid groups (broad SMARTS) is 1. The Hall–Kier alpha value is -0.610. The first-order chi connectivity index (χ1) is 5.27. The predicted molar refractivity (Wildman–Crippen MR) is 45.7 cm³/mol. The van der Waals surface area contributed by atoms with Crippen LogP contribution in [0.1, 0.15) is 27.7 Å². The molecule has 4 heteroatoms. The second-order valence-corrected chi connectivity index (χ2v) is 3.76. The summed E-state index contributed by atoms with van der Waals surface area (Å²) in [6.07, 6.45) is -0.781. The number of carbonyl (C=O) groups is 1. The van der Waals surface area contributed by atoms with E-state index in [0.29, 0.717) is 0 Å². The van der Waals surface area contributed by atoms with Crippen molar-refractivity contribution in [3.05, 3.63) is 0 Å². The summed E-state index contributed by atoms with van der Waals surface area (Å²) in [5, 5.41) is 20.6. The topological polar surface area (TPSA) is 69.6 Å². The van der Waals surface area contributed by atoms with E-state index >= 15 is 0 Å². The van der Waals surface area contributed by atoms with Crippen LogP contribution >= 0.6 is 0 Å². The molecule has 1 atom stereocenters. The van der Waals surface area contributed by atoms with Gasteiger partial charge in [-0.15, -0.1) is 0 Å². The molecule has 0 heterocycles. The van der Waals surface area contributed by atoms with Crippen molar-refractivity contribution < 1.29 is 15.0 Å². The Labute approximate surface area is 72.6 Å². The third-order valence-corrected chi connectivity index (χ3v) is 1.67. The molecule has 0 amide bonds. The molecule has 3 N–H and O–H groups in total. The van der Waals surface area contributed by atoms with Gasteiger partial charge in [-0.05, 0) is 19.8 Å². The van der Waals surface area contributed by atoms with Crippen LogP contribution in [0.15, 0.2) is 0 Å². The second-order valence-electron chi connectivity index (χ2n) is 3.76. The van der Waals surface area contributed by atoms with Gasteiger partial charge in [-0.3, -0.25) is 10.1 Å². The van der Waals surface area contributed by atoms with Crippen LogP contribution in [0.25, 0.3) is 0 Å². The van der Waals surface area contributed by atoms with Crippen LogP contribution in [0.3, 0.4) is 0 Å². The highest BCUT2D eigenvalue weighted by atomic mass is 16.4. The zero-order valence-electron chi connectivity index (χ0n) is 7.96. The molecule has 4 nitrogen and oxygen atoms in total. The zero-order valence-corrected chi connectivity index (χ0v) is 7.96. The molecule has 0 fully saturated rings. The lowest BCUT2D eigenvalue weighted by atomic mass is 10.0. The fourth-order valence-corrected chi connectivity index (χ4v) is 0.598. The Morgan fingerprint density at radius 1 is 1.42 bits per heavy atom. The summed E-state index contributed by atoms with van der Waals surface area (Å²) < 4.78 is 0. The number of rotatable bonds is 4. The molecule has 0 aliphatic rings. The third-order valence-electron chi connectivity index (χ3n) is 1.67. The van der Waals surface area contributed by atoms with Gasteiger partial charge in [-0.25, -0.2) is 0 Å². The van der Waals surface area contributed by atoms with Crippen molar-refractivity contribution in [2.24, 2.45) is 5.92 Å². The van der Waals surface area contributed by atoms with Gasteiger partial charge in [0.05, 0.1) is 0 Å². The molecular formula is C8H17NO3. The van der Waals surface area contributed by atoms with Crippen LogP contribution in [-0.4, -0.2) is 27.9 Å². The van der Waals surface area contributed by atoms with Crippen LogP contribution in [0.2, 0.25) is 0 Å². The highest BCUT2D eigenvalue weighted by Crippen LogP contribution is 2.07. The van der Waals surface area contributed by atoms with Crippen molar-refractivity contribution in [3.8, 4) is 0 Å². The molecule has 0 aromatic heterocycles. The number of aliphatic hydroxyl groups excluding tert-OH is 1. The molecule has 0 spiro atoms. The molecule has 1 unspecified atom stereocenters. The number of carboxylic acids is 1. The lowest BCUT2D eigenvalue weighted by molar-refractivity contribution is -0.145. The smallest absolute Gasteiger partial charge is 0.323 e. The van der Waals surface area contributed by atoms with Crippen molar-refractivity contribution in [1.82, 2.24) is 5.32 Å². The summed E-state index contributed by atoms with van der Waals surface area (Å²) in [4.78, 5) is 10.6. The van der Waals surface area contributed by atoms with Crippen molar-refractivity contribution in [1.29, 1.82) is 0 Å². The number of aliphatic carboxylic acids is 1. The number of hydrogen-bond donors (Lipinski definition) is 3. The van der Waals surface area contributed by atoms with E-state index in [4.69, 9.17) is 5.11 Å². The highest BCUT2D eigenvalue weighted by Gasteiger charge is 2.29. The van der Waals surface area contributed by atoms with Gasteiger partial charge in [0.2, 0.25) is 0 Å². The molecule has 0 saturated carbocycles. The van der Waals surface area contributed by atoms with E-state index in [1.165, 1.54) is 13.8 Å². The van der Waals surface area contributed by atoms with Gasteiger partial charge in [0.25, 0.3) is 0 Å². The van der Waals surface area contributed by atoms with Gasteiger partial charge >= 0.3 is 5.97 Å². The molecule has 12 heavy (non-hydrogen) atoms. The summed E-state index contributed by atoms with van der Waals surface area (Å²) in [6, 6.07) is 0. The molecule has 0 radical (unpaired) electrons. The molecule has 72 valence electrons. The Morgan fingerprint density at radius 2 is 1.83 bits per heavy atom. The average Bonchev–Trinajstić information content (AvgIpc) is 1.85. The van der Waals surface area contributed by atoms with E-state index in [0.717, 1.165) is 0 Å². The summed E-state index contributed by atoms with van der Waals surface area (Å²) in [7, 11) is 0. The number of aliphatic hydroxyl groups is 1. The summed E-state index contributed by atoms with van der Waals surface area (Å²) in [5.41, 5.74) is -1.08. The fourth-order valence-electron chi connectivity index (χ4n) is 0.598. The third kappa shape index (κ3) is 3.19. The van der Waals surface area contributed by atoms with Gasteiger partial charge in [0, 0.05) is 0 Å². The lowest BCUT2D eigenvalue weighted by Crippen LogP contribution is -2.53. The largest absolute Gasteiger partial charge is 0.480 e. The first kappa shape index (κ1) is 11.4. The van der Waals surface area contributed by atoms with Gasteiger partial charge in [-0.1, -0.05) is 13.8 Å². The van der Waals surface area contributed by atoms with E-state index in [2.05, 4.69) is 5.32 Å². The van der Waals surface area contributed by atoms with Gasteiger partial charge in [-0.2, -0.15) is 0 Å². The first-order valence-electron chi connectivity index (χ1n) is 3.96. The van der Waals surface area contributed by atoms with E-state index in [1.807, 2.05) is 13.8 Å². The molecule has 0 aromatic carbocycles. The minimum atomic E-state index is -1.08. The maximum absolute atomic E-state index is 10.6. The Balaban J connectivity index is 4.15. The van der Waals surface area contributed by atoms with Crippen LogP contribution in [0.4, 0.5) is 0 Å². The van der Waals surface area contributed by atoms with Gasteiger partial charge in [0.1, 0.15) is 11.8 Å². The molecule has 0 saturated heterocycles. The number of hydrogen-bond acceptors (Lipinski definition) is 3. The molecule has 0 bridgehead atoms. The normalized spacial score (nSPS) is 14.8. The molecule has 0 aromatic rings. The van der Waals surface area contributed by atoms with Crippen LogP contribution < -0.4 is 5.32 Å². The minimum absolute atomic E-state index is 0.00336. The maximum atomic E-state index is 10.6. The van der Waals surface area contributed by atoms with Crippen LogP contribution in [0.5, 0.6) is 0 Å². The predicted octanol–water partition coefficient (Wildman–Crippen LogP) is 0.414.